The van der Waals surface area contributed by atoms with Gasteiger partial charge in [0.15, 0.2) is 5.69 Å². The SMILES string of the molecule is Nc1nonc1-n1nnc(C(=O)NN=Cc2cccc(OCc3ccccc3F)c2)c1CSC1=NCCS1. The number of benzene rings is 2. The number of ether oxygens (including phenoxy) is 1. The smallest absolute Gasteiger partial charge is 0.293 e. The Morgan fingerprint density at radius 3 is 2.97 bits per heavy atom. The molecule has 4 aromatic rings. The van der Waals surface area contributed by atoms with Crippen molar-refractivity contribution in [1.82, 2.24) is 30.7 Å². The molecule has 0 radical (unpaired) electrons. The first-order valence-corrected chi connectivity index (χ1v) is 13.2. The fraction of sp³-hybridized carbons (Fsp3) is 0.174. The van der Waals surface area contributed by atoms with Gasteiger partial charge in [0.2, 0.25) is 11.6 Å². The van der Waals surface area contributed by atoms with Crippen LogP contribution < -0.4 is 15.9 Å². The number of thioether (sulfide) groups is 2. The summed E-state index contributed by atoms with van der Waals surface area (Å²) in [6, 6.07) is 13.4. The monoisotopic (exact) mass is 553 g/mol. The summed E-state index contributed by atoms with van der Waals surface area (Å²) in [5.41, 5.74) is 9.87. The molecule has 2 aromatic heterocycles. The zero-order valence-corrected chi connectivity index (χ0v) is 21.3. The van der Waals surface area contributed by atoms with Gasteiger partial charge < -0.3 is 10.5 Å². The van der Waals surface area contributed by atoms with E-state index in [1.165, 1.54) is 28.7 Å². The van der Waals surface area contributed by atoms with E-state index in [2.05, 4.69) is 40.8 Å². The molecule has 15 heteroatoms. The summed E-state index contributed by atoms with van der Waals surface area (Å²) in [5, 5.41) is 19.4. The zero-order chi connectivity index (χ0) is 26.3. The molecule has 3 heterocycles. The number of nitrogens with one attached hydrogen (secondary N) is 1. The summed E-state index contributed by atoms with van der Waals surface area (Å²) in [7, 11) is 0. The van der Waals surface area contributed by atoms with E-state index in [-0.39, 0.29) is 29.8 Å². The van der Waals surface area contributed by atoms with Gasteiger partial charge in [0.25, 0.3) is 5.91 Å². The first-order valence-electron chi connectivity index (χ1n) is 11.2. The Kier molecular flexibility index (Phi) is 7.94. The molecule has 3 N–H and O–H groups in total. The minimum atomic E-state index is -0.578. The highest BCUT2D eigenvalue weighted by Crippen LogP contribution is 2.27. The van der Waals surface area contributed by atoms with Gasteiger partial charge in [0.1, 0.15) is 22.5 Å². The van der Waals surface area contributed by atoms with Crippen molar-refractivity contribution < 1.29 is 18.6 Å². The Morgan fingerprint density at radius 1 is 1.29 bits per heavy atom. The molecule has 0 aliphatic carbocycles. The molecule has 0 saturated carbocycles. The lowest BCUT2D eigenvalue weighted by Gasteiger charge is -2.07. The van der Waals surface area contributed by atoms with Gasteiger partial charge >= 0.3 is 0 Å². The van der Waals surface area contributed by atoms with Crippen molar-refractivity contribution in [3.63, 3.8) is 0 Å². The highest BCUT2D eigenvalue weighted by Gasteiger charge is 2.24. The first-order chi connectivity index (χ1) is 18.6. The molecule has 0 saturated heterocycles. The molecule has 1 aliphatic heterocycles. The number of hydrazone groups is 1. The van der Waals surface area contributed by atoms with Crippen LogP contribution >= 0.6 is 23.5 Å². The van der Waals surface area contributed by atoms with Gasteiger partial charge in [-0.2, -0.15) is 9.78 Å². The number of hydrogen-bond acceptors (Lipinski definition) is 12. The maximum Gasteiger partial charge on any atom is 0.293 e. The zero-order valence-electron chi connectivity index (χ0n) is 19.7. The number of nitrogens with two attached hydrogens (primary N) is 1. The maximum absolute atomic E-state index is 13.8. The summed E-state index contributed by atoms with van der Waals surface area (Å²) < 4.78 is 26.4. The van der Waals surface area contributed by atoms with E-state index in [1.54, 1.807) is 54.2 Å². The van der Waals surface area contributed by atoms with Gasteiger partial charge in [-0.05, 0) is 34.1 Å². The number of hydrogen-bond donors (Lipinski definition) is 2. The van der Waals surface area contributed by atoms with Gasteiger partial charge in [0, 0.05) is 17.1 Å². The van der Waals surface area contributed by atoms with Crippen molar-refractivity contribution in [2.45, 2.75) is 12.4 Å². The largest absolute Gasteiger partial charge is 0.489 e. The highest BCUT2D eigenvalue weighted by atomic mass is 32.2. The normalized spacial score (nSPS) is 13.1. The third kappa shape index (κ3) is 6.00. The van der Waals surface area contributed by atoms with Gasteiger partial charge in [-0.15, -0.1) is 5.10 Å². The van der Waals surface area contributed by atoms with Crippen molar-refractivity contribution in [3.8, 4) is 11.6 Å². The number of carbonyl (C=O) groups excluding carboxylic acids is 1. The fourth-order valence-electron chi connectivity index (χ4n) is 3.33. The van der Waals surface area contributed by atoms with Crippen LogP contribution in [-0.2, 0) is 12.4 Å². The number of anilines is 1. The highest BCUT2D eigenvalue weighted by molar-refractivity contribution is 8.38. The van der Waals surface area contributed by atoms with E-state index in [0.29, 0.717) is 28.3 Å². The predicted molar refractivity (Wildman–Crippen MR) is 142 cm³/mol. The van der Waals surface area contributed by atoms with E-state index in [1.807, 2.05) is 0 Å². The third-order valence-electron chi connectivity index (χ3n) is 5.15. The molecule has 0 fully saturated rings. The van der Waals surface area contributed by atoms with Gasteiger partial charge in [-0.3, -0.25) is 9.79 Å². The van der Waals surface area contributed by atoms with Gasteiger partial charge in [-0.1, -0.05) is 59.1 Å². The number of halogens is 1. The van der Waals surface area contributed by atoms with Crippen molar-refractivity contribution in [3.05, 3.63) is 76.9 Å². The van der Waals surface area contributed by atoms with E-state index in [0.717, 1.165) is 16.7 Å². The van der Waals surface area contributed by atoms with Crippen LogP contribution in [0.4, 0.5) is 10.2 Å². The number of nitrogen functional groups attached to an aromatic ring is 1. The Morgan fingerprint density at radius 2 is 2.18 bits per heavy atom. The van der Waals surface area contributed by atoms with Crippen LogP contribution in [0, 0.1) is 5.82 Å². The standard InChI is InChI=1S/C23H20FN9O3S2/c24-17-7-2-1-5-15(17)12-35-16-6-3-4-14(10-16)11-27-29-22(34)19-18(13-38-23-26-8-9-37-23)33(32-28-19)21-20(25)30-36-31-21/h1-7,10-11H,8-9,12-13H2,(H2,25,30)(H,29,34). The summed E-state index contributed by atoms with van der Waals surface area (Å²) in [5.74, 6) is 0.999. The molecule has 1 aliphatic rings. The van der Waals surface area contributed by atoms with Gasteiger partial charge in [0.05, 0.1) is 18.5 Å². The molecular weight excluding hydrogens is 533 g/mol. The topological polar surface area (TPSA) is 159 Å². The summed E-state index contributed by atoms with van der Waals surface area (Å²) in [6.45, 7) is 0.832. The number of aromatic nitrogens is 5. The first kappa shape index (κ1) is 25.4. The molecular formula is C23H20FN9O3S2. The Balaban J connectivity index is 1.27. The quantitative estimate of drug-likeness (QED) is 0.233. The summed E-state index contributed by atoms with van der Waals surface area (Å²) in [4.78, 5) is 17.4. The van der Waals surface area contributed by atoms with Crippen LogP contribution in [0.2, 0.25) is 0 Å². The van der Waals surface area contributed by atoms with Crippen molar-refractivity contribution in [2.24, 2.45) is 10.1 Å². The van der Waals surface area contributed by atoms with E-state index < -0.39 is 5.91 Å². The number of nitrogens with zero attached hydrogens (tertiary/aromatic N) is 7. The number of amides is 1. The fourth-order valence-corrected chi connectivity index (χ4v) is 5.33. The van der Waals surface area contributed by atoms with Crippen LogP contribution in [0.25, 0.3) is 5.82 Å². The molecule has 38 heavy (non-hydrogen) atoms. The average molecular weight is 554 g/mol. The molecule has 12 nitrogen and oxygen atoms in total. The van der Waals surface area contributed by atoms with Crippen LogP contribution in [0.15, 0.2) is 63.3 Å². The molecule has 0 unspecified atom stereocenters. The second-order valence-electron chi connectivity index (χ2n) is 7.71. The second-order valence-corrected chi connectivity index (χ2v) is 10.0. The second kappa shape index (κ2) is 11.9. The number of carbonyl (C=O) groups is 1. The lowest BCUT2D eigenvalue weighted by Crippen LogP contribution is -2.20. The lowest BCUT2D eigenvalue weighted by molar-refractivity contribution is 0.0949. The molecule has 0 atom stereocenters. The van der Waals surface area contributed by atoms with Crippen molar-refractivity contribution >= 4 is 45.8 Å². The predicted octanol–water partition coefficient (Wildman–Crippen LogP) is 3.05. The Labute approximate surface area is 223 Å². The molecule has 5 rings (SSSR count). The van der Waals surface area contributed by atoms with Crippen LogP contribution in [0.5, 0.6) is 5.75 Å². The Bertz CT molecular complexity index is 1500. The number of rotatable bonds is 9. The minimum absolute atomic E-state index is 0.0100. The lowest BCUT2D eigenvalue weighted by atomic mass is 10.2. The van der Waals surface area contributed by atoms with E-state index >= 15 is 0 Å². The van der Waals surface area contributed by atoms with E-state index in [9.17, 15) is 9.18 Å². The van der Waals surface area contributed by atoms with Crippen molar-refractivity contribution in [1.29, 1.82) is 0 Å². The third-order valence-corrected chi connectivity index (χ3v) is 7.42. The molecule has 2 aromatic carbocycles. The average Bonchev–Trinajstić information content (AvgIpc) is 3.68. The Hall–Kier alpha value is -4.24. The summed E-state index contributed by atoms with van der Waals surface area (Å²) >= 11 is 3.09. The van der Waals surface area contributed by atoms with Crippen LogP contribution in [0.3, 0.4) is 0 Å². The molecule has 0 spiro atoms. The van der Waals surface area contributed by atoms with Gasteiger partial charge in [-0.25, -0.2) is 14.4 Å². The molecule has 1 amide bonds. The minimum Gasteiger partial charge on any atom is -0.489 e. The van der Waals surface area contributed by atoms with Crippen molar-refractivity contribution in [2.75, 3.05) is 18.0 Å². The summed E-state index contributed by atoms with van der Waals surface area (Å²) in [6.07, 6.45) is 1.45. The van der Waals surface area contributed by atoms with E-state index in [4.69, 9.17) is 10.5 Å². The van der Waals surface area contributed by atoms with Crippen LogP contribution in [-0.4, -0.2) is 54.1 Å². The molecule has 194 valence electrons. The molecule has 0 bridgehead atoms. The maximum atomic E-state index is 13.8. The number of aliphatic imine (C=N–C) groups is 1. The van der Waals surface area contributed by atoms with Crippen LogP contribution in [0.1, 0.15) is 27.3 Å².